The van der Waals surface area contributed by atoms with Crippen LogP contribution in [0.3, 0.4) is 0 Å². The minimum absolute atomic E-state index is 0.302. The van der Waals surface area contributed by atoms with Gasteiger partial charge in [0.1, 0.15) is 22.5 Å². The molecule has 6 heteroatoms. The molecule has 2 heterocycles. The Labute approximate surface area is 143 Å². The predicted molar refractivity (Wildman–Crippen MR) is 93.2 cm³/mol. The highest BCUT2D eigenvalue weighted by Gasteiger charge is 2.12. The van der Waals surface area contributed by atoms with Gasteiger partial charge < -0.3 is 9.15 Å². The Kier molecular flexibility index (Phi) is 3.57. The lowest BCUT2D eigenvalue weighted by Gasteiger charge is -2.01. The van der Waals surface area contributed by atoms with E-state index in [0.29, 0.717) is 17.8 Å². The van der Waals surface area contributed by atoms with E-state index in [1.54, 1.807) is 24.0 Å². The maximum Gasteiger partial charge on any atom is 0.185 e. The molecule has 0 saturated carbocycles. The van der Waals surface area contributed by atoms with E-state index in [-0.39, 0.29) is 0 Å². The fourth-order valence-corrected chi connectivity index (χ4v) is 2.73. The lowest BCUT2D eigenvalue weighted by Crippen LogP contribution is -1.98. The molecular weight excluding hydrogens is 318 g/mol. The molecule has 6 nitrogen and oxygen atoms in total. The van der Waals surface area contributed by atoms with Crippen LogP contribution in [0, 0.1) is 6.92 Å². The van der Waals surface area contributed by atoms with Crippen molar-refractivity contribution in [3.8, 4) is 22.8 Å². The van der Waals surface area contributed by atoms with Crippen molar-refractivity contribution in [3.63, 3.8) is 0 Å². The number of aromatic nitrogens is 3. The van der Waals surface area contributed by atoms with Crippen molar-refractivity contribution >= 4 is 17.3 Å². The third-order valence-electron chi connectivity index (χ3n) is 4.04. The molecule has 0 N–H and O–H groups in total. The molecule has 2 aromatic carbocycles. The zero-order chi connectivity index (χ0) is 17.4. The van der Waals surface area contributed by atoms with E-state index in [1.807, 2.05) is 43.3 Å². The van der Waals surface area contributed by atoms with Gasteiger partial charge in [0.15, 0.2) is 12.0 Å². The average Bonchev–Trinajstić information content (AvgIpc) is 3.27. The summed E-state index contributed by atoms with van der Waals surface area (Å²) < 4.78 is 10.7. The zero-order valence-corrected chi connectivity index (χ0v) is 13.8. The molecule has 0 unspecified atom stereocenters. The minimum Gasteiger partial charge on any atom is -0.497 e. The lowest BCUT2D eigenvalue weighted by molar-refractivity contribution is 0.110. The number of ether oxygens (including phenoxy) is 1. The fraction of sp³-hybridized carbons (Fsp3) is 0.105. The second-order valence-corrected chi connectivity index (χ2v) is 5.66. The van der Waals surface area contributed by atoms with Crippen LogP contribution in [0.5, 0.6) is 5.75 Å². The number of hydrogen-bond donors (Lipinski definition) is 0. The maximum absolute atomic E-state index is 10.8. The maximum atomic E-state index is 10.8. The summed E-state index contributed by atoms with van der Waals surface area (Å²) in [5.41, 5.74) is 4.28. The molecular formula is C19H15N3O3. The van der Waals surface area contributed by atoms with Gasteiger partial charge in [-0.25, -0.2) is 0 Å². The first kappa shape index (κ1) is 15.1. The van der Waals surface area contributed by atoms with Gasteiger partial charge in [0.05, 0.1) is 12.8 Å². The Morgan fingerprint density at radius 3 is 2.40 bits per heavy atom. The first-order valence-corrected chi connectivity index (χ1v) is 7.75. The summed E-state index contributed by atoms with van der Waals surface area (Å²) in [5.74, 6) is 1.72. The zero-order valence-electron chi connectivity index (χ0n) is 13.8. The van der Waals surface area contributed by atoms with Crippen LogP contribution in [0.25, 0.3) is 28.0 Å². The molecule has 4 rings (SSSR count). The Balaban J connectivity index is 1.78. The molecule has 0 radical (unpaired) electrons. The van der Waals surface area contributed by atoms with Crippen molar-refractivity contribution in [3.05, 3.63) is 59.9 Å². The number of carbonyl (C=O) groups is 1. The molecule has 0 aliphatic heterocycles. The molecule has 0 amide bonds. The molecule has 25 heavy (non-hydrogen) atoms. The number of hydrogen-bond acceptors (Lipinski definition) is 5. The van der Waals surface area contributed by atoms with E-state index in [2.05, 4.69) is 10.2 Å². The third-order valence-corrected chi connectivity index (χ3v) is 4.04. The van der Waals surface area contributed by atoms with E-state index >= 15 is 0 Å². The van der Waals surface area contributed by atoms with Crippen LogP contribution in [-0.4, -0.2) is 28.4 Å². The molecule has 0 bridgehead atoms. The van der Waals surface area contributed by atoms with Crippen LogP contribution in [-0.2, 0) is 0 Å². The SMILES string of the molecule is COc1ccc(-n2nc3cc(C)c(-c4ccc(C=O)o4)cc3n2)cc1. The number of furan rings is 1. The predicted octanol–water partition coefficient (Wildman–Crippen LogP) is 3.81. The topological polar surface area (TPSA) is 70.2 Å². The second kappa shape index (κ2) is 5.90. The van der Waals surface area contributed by atoms with Crippen LogP contribution in [0.2, 0.25) is 0 Å². The minimum atomic E-state index is 0.302. The number of methoxy groups -OCH3 is 1. The highest BCUT2D eigenvalue weighted by Crippen LogP contribution is 2.28. The standard InChI is InChI=1S/C19H15N3O3/c1-12-9-17-18(10-16(12)19-8-7-15(11-23)25-19)21-22(20-17)13-3-5-14(24-2)6-4-13/h3-11H,1-2H3. The molecule has 4 aromatic rings. The summed E-state index contributed by atoms with van der Waals surface area (Å²) in [6.07, 6.45) is 0.692. The largest absolute Gasteiger partial charge is 0.497 e. The van der Waals surface area contributed by atoms with Crippen LogP contribution in [0.1, 0.15) is 16.1 Å². The van der Waals surface area contributed by atoms with E-state index < -0.39 is 0 Å². The van der Waals surface area contributed by atoms with Gasteiger partial charge in [-0.3, -0.25) is 4.79 Å². The molecule has 0 fully saturated rings. The number of carbonyl (C=O) groups excluding carboxylic acids is 1. The van der Waals surface area contributed by atoms with Gasteiger partial charge in [-0.1, -0.05) is 0 Å². The Morgan fingerprint density at radius 2 is 1.76 bits per heavy atom. The number of aryl methyl sites for hydroxylation is 1. The molecule has 124 valence electrons. The molecule has 0 saturated heterocycles. The van der Waals surface area contributed by atoms with E-state index in [9.17, 15) is 4.79 Å². The van der Waals surface area contributed by atoms with E-state index in [1.165, 1.54) is 0 Å². The van der Waals surface area contributed by atoms with Gasteiger partial charge >= 0.3 is 0 Å². The van der Waals surface area contributed by atoms with Crippen molar-refractivity contribution < 1.29 is 13.9 Å². The highest BCUT2D eigenvalue weighted by atomic mass is 16.5. The van der Waals surface area contributed by atoms with Crippen LogP contribution in [0.15, 0.2) is 52.9 Å². The summed E-state index contributed by atoms with van der Waals surface area (Å²) in [6.45, 7) is 1.98. The summed E-state index contributed by atoms with van der Waals surface area (Å²) in [7, 11) is 1.63. The first-order chi connectivity index (χ1) is 12.2. The summed E-state index contributed by atoms with van der Waals surface area (Å²) in [5, 5.41) is 9.08. The molecule has 0 aliphatic carbocycles. The van der Waals surface area contributed by atoms with Crippen LogP contribution in [0.4, 0.5) is 0 Å². The van der Waals surface area contributed by atoms with Crippen molar-refractivity contribution in [1.82, 2.24) is 15.0 Å². The van der Waals surface area contributed by atoms with Gasteiger partial charge in [0.2, 0.25) is 0 Å². The van der Waals surface area contributed by atoms with Crippen molar-refractivity contribution in [2.45, 2.75) is 6.92 Å². The highest BCUT2D eigenvalue weighted by molar-refractivity contribution is 5.83. The van der Waals surface area contributed by atoms with Crippen LogP contribution < -0.4 is 4.74 Å². The van der Waals surface area contributed by atoms with Crippen molar-refractivity contribution in [1.29, 1.82) is 0 Å². The first-order valence-electron chi connectivity index (χ1n) is 7.75. The number of nitrogens with zero attached hydrogens (tertiary/aromatic N) is 3. The van der Waals surface area contributed by atoms with E-state index in [0.717, 1.165) is 33.6 Å². The number of rotatable bonds is 4. The number of aldehydes is 1. The number of fused-ring (bicyclic) bond motifs is 1. The lowest BCUT2D eigenvalue weighted by atomic mass is 10.1. The Hall–Kier alpha value is -3.41. The third kappa shape index (κ3) is 2.67. The monoisotopic (exact) mass is 333 g/mol. The molecule has 0 spiro atoms. The molecule has 0 atom stereocenters. The smallest absolute Gasteiger partial charge is 0.185 e. The van der Waals surface area contributed by atoms with Crippen LogP contribution >= 0.6 is 0 Å². The normalized spacial score (nSPS) is 11.0. The van der Waals surface area contributed by atoms with Gasteiger partial charge in [0, 0.05) is 5.56 Å². The van der Waals surface area contributed by atoms with Crippen molar-refractivity contribution in [2.24, 2.45) is 0 Å². The van der Waals surface area contributed by atoms with Gasteiger partial charge in [-0.15, -0.1) is 10.2 Å². The van der Waals surface area contributed by atoms with Gasteiger partial charge in [0.25, 0.3) is 0 Å². The fourth-order valence-electron chi connectivity index (χ4n) is 2.73. The molecule has 2 aromatic heterocycles. The quantitative estimate of drug-likeness (QED) is 0.531. The second-order valence-electron chi connectivity index (χ2n) is 5.66. The summed E-state index contributed by atoms with van der Waals surface area (Å²) in [6, 6.07) is 14.8. The van der Waals surface area contributed by atoms with Crippen molar-refractivity contribution in [2.75, 3.05) is 7.11 Å². The van der Waals surface area contributed by atoms with E-state index in [4.69, 9.17) is 9.15 Å². The van der Waals surface area contributed by atoms with Gasteiger partial charge in [-0.2, -0.15) is 4.80 Å². The average molecular weight is 333 g/mol. The Bertz CT molecular complexity index is 1060. The number of benzene rings is 2. The Morgan fingerprint density at radius 1 is 1.04 bits per heavy atom. The summed E-state index contributed by atoms with van der Waals surface area (Å²) >= 11 is 0. The molecule has 0 aliphatic rings. The van der Waals surface area contributed by atoms with Gasteiger partial charge in [-0.05, 0) is 61.0 Å². The summed E-state index contributed by atoms with van der Waals surface area (Å²) in [4.78, 5) is 12.4.